The maximum absolute atomic E-state index is 6.46. The van der Waals surface area contributed by atoms with E-state index in [4.69, 9.17) is 18.6 Å². The Hall–Kier alpha value is -2.89. The first-order valence-corrected chi connectivity index (χ1v) is 15.6. The molecule has 0 spiro atoms. The zero-order chi connectivity index (χ0) is 30.7. The Morgan fingerprint density at radius 1 is 0.465 bits per heavy atom. The fraction of sp³-hybridized carbons (Fsp3) is 0.405. The van der Waals surface area contributed by atoms with Crippen molar-refractivity contribution in [3.63, 3.8) is 0 Å². The van der Waals surface area contributed by atoms with Crippen LogP contribution < -0.4 is 10.9 Å². The molecule has 0 saturated carbocycles. The van der Waals surface area contributed by atoms with E-state index in [1.165, 1.54) is 38.8 Å². The minimum absolute atomic E-state index is 0.168. The van der Waals surface area contributed by atoms with Crippen molar-refractivity contribution in [2.75, 3.05) is 0 Å². The average Bonchev–Trinajstić information content (AvgIpc) is 3.40. The monoisotopic (exact) mass is 572 g/mol. The summed E-state index contributed by atoms with van der Waals surface area (Å²) in [5, 5.41) is 2.36. The summed E-state index contributed by atoms with van der Waals surface area (Å²) < 4.78 is 25.7. The van der Waals surface area contributed by atoms with Gasteiger partial charge in [-0.1, -0.05) is 80.6 Å². The summed E-state index contributed by atoms with van der Waals surface area (Å²) in [6, 6.07) is 26.7. The van der Waals surface area contributed by atoms with Crippen molar-refractivity contribution in [2.45, 2.75) is 97.1 Å². The van der Waals surface area contributed by atoms with Crippen LogP contribution in [0.25, 0.3) is 33.0 Å². The molecule has 6 heteroatoms. The van der Waals surface area contributed by atoms with Crippen molar-refractivity contribution in [1.82, 2.24) is 0 Å². The highest BCUT2D eigenvalue weighted by Gasteiger charge is 2.53. The van der Waals surface area contributed by atoms with Gasteiger partial charge >= 0.3 is 14.2 Å². The third-order valence-electron chi connectivity index (χ3n) is 11.0. The van der Waals surface area contributed by atoms with Crippen LogP contribution in [0.2, 0.25) is 0 Å². The van der Waals surface area contributed by atoms with Crippen LogP contribution in [0.5, 0.6) is 0 Å². The van der Waals surface area contributed by atoms with Gasteiger partial charge in [0, 0.05) is 5.41 Å². The zero-order valence-corrected chi connectivity index (χ0v) is 27.2. The average molecular weight is 572 g/mol. The summed E-state index contributed by atoms with van der Waals surface area (Å²) in [5.74, 6) is 0. The SMILES string of the molecule is CC1(C)c2cc(B3OC(C)(C)C(C)(C)O3)ccc2-c2ccc(-c3ccc(B4OC(C)(C)C(C)(C)O4)c4ccccc34)cc21. The molecule has 2 fully saturated rings. The Balaban J connectivity index is 1.27. The van der Waals surface area contributed by atoms with Crippen LogP contribution in [0.1, 0.15) is 80.4 Å². The van der Waals surface area contributed by atoms with Crippen molar-refractivity contribution in [3.05, 3.63) is 83.9 Å². The molecule has 4 nitrogen and oxygen atoms in total. The largest absolute Gasteiger partial charge is 0.495 e. The molecular formula is C37H42B2O4. The molecule has 2 heterocycles. The number of hydrogen-bond acceptors (Lipinski definition) is 4. The maximum atomic E-state index is 6.46. The standard InChI is InChI=1S/C37H42B2O4/c1-33(2)30-21-23(15-17-27(30)28-18-16-24(22-31(28)33)38-40-34(3,4)35(5,6)41-38)25-19-20-32(29-14-12-11-13-26(25)29)39-42-36(7,8)37(9,10)43-39/h11-22H,1-10H3. The lowest BCUT2D eigenvalue weighted by molar-refractivity contribution is 0.00578. The van der Waals surface area contributed by atoms with Crippen molar-refractivity contribution >= 4 is 35.9 Å². The van der Waals surface area contributed by atoms with E-state index in [2.05, 4.69) is 142 Å². The molecule has 220 valence electrons. The molecule has 3 aliphatic rings. The Morgan fingerprint density at radius 3 is 1.56 bits per heavy atom. The summed E-state index contributed by atoms with van der Waals surface area (Å²) in [7, 11) is -0.783. The van der Waals surface area contributed by atoms with E-state index in [-0.39, 0.29) is 34.9 Å². The van der Waals surface area contributed by atoms with Gasteiger partial charge in [-0.2, -0.15) is 0 Å². The van der Waals surface area contributed by atoms with E-state index in [0.717, 1.165) is 16.3 Å². The van der Waals surface area contributed by atoms with Gasteiger partial charge in [0.1, 0.15) is 0 Å². The first kappa shape index (κ1) is 28.9. The highest BCUT2D eigenvalue weighted by Crippen LogP contribution is 2.50. The Labute approximate surface area is 257 Å². The molecule has 0 aromatic heterocycles. The van der Waals surface area contributed by atoms with E-state index in [1.54, 1.807) is 0 Å². The summed E-state index contributed by atoms with van der Waals surface area (Å²) in [6.07, 6.45) is 0. The van der Waals surface area contributed by atoms with Crippen LogP contribution in [-0.4, -0.2) is 36.6 Å². The summed E-state index contributed by atoms with van der Waals surface area (Å²) in [4.78, 5) is 0. The molecule has 2 saturated heterocycles. The zero-order valence-electron chi connectivity index (χ0n) is 27.2. The van der Waals surface area contributed by atoms with E-state index in [9.17, 15) is 0 Å². The summed E-state index contributed by atoms with van der Waals surface area (Å²) in [6.45, 7) is 21.5. The summed E-state index contributed by atoms with van der Waals surface area (Å²) in [5.41, 5.74) is 8.11. The quantitative estimate of drug-likeness (QED) is 0.240. The second kappa shape index (κ2) is 9.08. The third-order valence-corrected chi connectivity index (χ3v) is 11.0. The van der Waals surface area contributed by atoms with E-state index >= 15 is 0 Å². The molecule has 0 amide bonds. The van der Waals surface area contributed by atoms with E-state index in [1.807, 2.05) is 0 Å². The van der Waals surface area contributed by atoms with Gasteiger partial charge in [-0.15, -0.1) is 0 Å². The second-order valence-corrected chi connectivity index (χ2v) is 15.1. The molecule has 4 aromatic carbocycles. The van der Waals surface area contributed by atoms with Gasteiger partial charge in [0.15, 0.2) is 0 Å². The predicted molar refractivity (Wildman–Crippen MR) is 178 cm³/mol. The molecule has 43 heavy (non-hydrogen) atoms. The lowest BCUT2D eigenvalue weighted by Gasteiger charge is -2.32. The minimum Gasteiger partial charge on any atom is -0.399 e. The molecular weight excluding hydrogens is 530 g/mol. The van der Waals surface area contributed by atoms with Crippen LogP contribution in [0.15, 0.2) is 72.8 Å². The molecule has 1 aliphatic carbocycles. The maximum Gasteiger partial charge on any atom is 0.495 e. The van der Waals surface area contributed by atoms with Crippen molar-refractivity contribution in [1.29, 1.82) is 0 Å². The van der Waals surface area contributed by atoms with Crippen LogP contribution in [-0.2, 0) is 24.0 Å². The summed E-state index contributed by atoms with van der Waals surface area (Å²) >= 11 is 0. The van der Waals surface area contributed by atoms with Gasteiger partial charge in [-0.3, -0.25) is 0 Å². The van der Waals surface area contributed by atoms with E-state index < -0.39 is 7.12 Å². The number of benzene rings is 4. The molecule has 0 N–H and O–H groups in total. The number of hydrogen-bond donors (Lipinski definition) is 0. The molecule has 4 aromatic rings. The molecule has 7 rings (SSSR count). The smallest absolute Gasteiger partial charge is 0.399 e. The van der Waals surface area contributed by atoms with Gasteiger partial charge < -0.3 is 18.6 Å². The van der Waals surface area contributed by atoms with Crippen molar-refractivity contribution in [2.24, 2.45) is 0 Å². The van der Waals surface area contributed by atoms with Gasteiger partial charge in [-0.25, -0.2) is 0 Å². The van der Waals surface area contributed by atoms with Crippen LogP contribution in [0.3, 0.4) is 0 Å². The van der Waals surface area contributed by atoms with Gasteiger partial charge in [-0.05, 0) is 117 Å². The minimum atomic E-state index is -0.407. The molecule has 2 aliphatic heterocycles. The molecule has 0 radical (unpaired) electrons. The normalized spacial score (nSPS) is 22.2. The van der Waals surface area contributed by atoms with Crippen LogP contribution in [0, 0.1) is 0 Å². The Morgan fingerprint density at radius 2 is 0.953 bits per heavy atom. The molecule has 0 bridgehead atoms. The molecule has 0 atom stereocenters. The van der Waals surface area contributed by atoms with Crippen LogP contribution >= 0.6 is 0 Å². The second-order valence-electron chi connectivity index (χ2n) is 15.1. The van der Waals surface area contributed by atoms with Crippen molar-refractivity contribution in [3.8, 4) is 22.3 Å². The third kappa shape index (κ3) is 4.21. The fourth-order valence-electron chi connectivity index (χ4n) is 6.80. The number of rotatable bonds is 3. The first-order chi connectivity index (χ1) is 20.0. The topological polar surface area (TPSA) is 36.9 Å². The highest BCUT2D eigenvalue weighted by molar-refractivity contribution is 6.65. The lowest BCUT2D eigenvalue weighted by Crippen LogP contribution is -2.41. The lowest BCUT2D eigenvalue weighted by atomic mass is 9.74. The first-order valence-electron chi connectivity index (χ1n) is 15.6. The molecule has 0 unspecified atom stereocenters. The Bertz CT molecular complexity index is 1750. The van der Waals surface area contributed by atoms with Gasteiger partial charge in [0.05, 0.1) is 22.4 Å². The van der Waals surface area contributed by atoms with Gasteiger partial charge in [0.25, 0.3) is 0 Å². The fourth-order valence-corrected chi connectivity index (χ4v) is 6.80. The Kier molecular flexibility index (Phi) is 6.09. The number of fused-ring (bicyclic) bond motifs is 4. The van der Waals surface area contributed by atoms with E-state index in [0.29, 0.717) is 0 Å². The van der Waals surface area contributed by atoms with Crippen molar-refractivity contribution < 1.29 is 18.6 Å². The predicted octanol–water partition coefficient (Wildman–Crippen LogP) is 7.41. The highest BCUT2D eigenvalue weighted by atomic mass is 16.7. The van der Waals surface area contributed by atoms with Gasteiger partial charge in [0.2, 0.25) is 0 Å². The van der Waals surface area contributed by atoms with Crippen LogP contribution in [0.4, 0.5) is 0 Å².